The van der Waals surface area contributed by atoms with E-state index >= 15 is 0 Å². The average Bonchev–Trinajstić information content (AvgIpc) is 2.41. The van der Waals surface area contributed by atoms with Crippen molar-refractivity contribution in [1.29, 1.82) is 0 Å². The lowest BCUT2D eigenvalue weighted by Gasteiger charge is -2.08. The van der Waals surface area contributed by atoms with Crippen molar-refractivity contribution >= 4 is 23.3 Å². The molecule has 0 saturated heterocycles. The normalized spacial score (nSPS) is 10.3. The highest BCUT2D eigenvalue weighted by molar-refractivity contribution is 6.31. The Morgan fingerprint density at radius 2 is 2.10 bits per heavy atom. The van der Waals surface area contributed by atoms with E-state index in [-0.39, 0.29) is 12.3 Å². The average molecular weight is 299 g/mol. The highest BCUT2D eigenvalue weighted by Gasteiger charge is 2.16. The molecule has 0 amide bonds. The van der Waals surface area contributed by atoms with Gasteiger partial charge >= 0.3 is 5.97 Å². The van der Waals surface area contributed by atoms with E-state index in [1.54, 1.807) is 6.07 Å². The fourth-order valence-electron chi connectivity index (χ4n) is 1.46. The van der Waals surface area contributed by atoms with Crippen LogP contribution in [0.1, 0.15) is 15.9 Å². The molecule has 2 aromatic rings. The number of anilines is 1. The van der Waals surface area contributed by atoms with Gasteiger partial charge in [0.05, 0.1) is 16.3 Å². The molecule has 0 atom stereocenters. The summed E-state index contributed by atoms with van der Waals surface area (Å²) in [5.74, 6) is -2.93. The third-order valence-electron chi connectivity index (χ3n) is 2.52. The predicted molar refractivity (Wildman–Crippen MR) is 69.1 cm³/mol. The molecule has 2 rings (SSSR count). The number of nitrogens with zero attached hydrogens (tertiary/aromatic N) is 1. The van der Waals surface area contributed by atoms with E-state index in [0.29, 0.717) is 16.7 Å². The quantitative estimate of drug-likeness (QED) is 0.699. The van der Waals surface area contributed by atoms with Gasteiger partial charge in [-0.15, -0.1) is 0 Å². The Morgan fingerprint density at radius 3 is 2.80 bits per heavy atom. The molecule has 0 radical (unpaired) electrons. The molecule has 0 aliphatic heterocycles. The minimum Gasteiger partial charge on any atom is -0.457 e. The molecule has 0 aliphatic rings. The van der Waals surface area contributed by atoms with E-state index in [1.165, 1.54) is 12.4 Å². The number of nitrogens with two attached hydrogens (primary N) is 1. The molecule has 1 aromatic carbocycles. The third-order valence-corrected chi connectivity index (χ3v) is 2.86. The van der Waals surface area contributed by atoms with Crippen molar-refractivity contribution in [1.82, 2.24) is 4.98 Å². The van der Waals surface area contributed by atoms with Crippen LogP contribution in [0.25, 0.3) is 0 Å². The summed E-state index contributed by atoms with van der Waals surface area (Å²) in [4.78, 5) is 15.5. The standard InChI is InChI=1S/C13H9ClF2N2O2/c14-9-5-18-2-1-7(9)6-20-13(19)8-3-12(17)11(16)4-10(8)15/h1-5H,6,17H2. The van der Waals surface area contributed by atoms with Crippen LogP contribution < -0.4 is 5.73 Å². The maximum atomic E-state index is 13.5. The van der Waals surface area contributed by atoms with Crippen LogP contribution >= 0.6 is 11.6 Å². The number of pyridine rings is 1. The van der Waals surface area contributed by atoms with Gasteiger partial charge in [0.1, 0.15) is 18.2 Å². The van der Waals surface area contributed by atoms with E-state index in [0.717, 1.165) is 6.07 Å². The van der Waals surface area contributed by atoms with Gasteiger partial charge < -0.3 is 10.5 Å². The molecule has 0 fully saturated rings. The number of hydrogen-bond donors (Lipinski definition) is 1. The van der Waals surface area contributed by atoms with E-state index in [9.17, 15) is 13.6 Å². The van der Waals surface area contributed by atoms with Crippen molar-refractivity contribution in [2.75, 3.05) is 5.73 Å². The van der Waals surface area contributed by atoms with E-state index in [1.807, 2.05) is 0 Å². The Hall–Kier alpha value is -2.21. The number of benzene rings is 1. The molecule has 20 heavy (non-hydrogen) atoms. The van der Waals surface area contributed by atoms with Crippen molar-refractivity contribution in [3.8, 4) is 0 Å². The monoisotopic (exact) mass is 298 g/mol. The maximum absolute atomic E-state index is 13.5. The van der Waals surface area contributed by atoms with Gasteiger partial charge in [0.15, 0.2) is 0 Å². The topological polar surface area (TPSA) is 65.2 Å². The van der Waals surface area contributed by atoms with Gasteiger partial charge in [0, 0.05) is 24.0 Å². The van der Waals surface area contributed by atoms with Crippen LogP contribution in [0, 0.1) is 11.6 Å². The summed E-state index contributed by atoms with van der Waals surface area (Å²) in [6.45, 7) is -0.156. The van der Waals surface area contributed by atoms with Crippen LogP contribution in [-0.2, 0) is 11.3 Å². The fraction of sp³-hybridized carbons (Fsp3) is 0.0769. The fourth-order valence-corrected chi connectivity index (χ4v) is 1.64. The van der Waals surface area contributed by atoms with Crippen LogP contribution in [0.15, 0.2) is 30.6 Å². The molecule has 2 N–H and O–H groups in total. The second kappa shape index (κ2) is 5.83. The number of aromatic nitrogens is 1. The van der Waals surface area contributed by atoms with Crippen LogP contribution in [0.2, 0.25) is 5.02 Å². The summed E-state index contributed by atoms with van der Waals surface area (Å²) in [6.07, 6.45) is 2.87. The summed E-state index contributed by atoms with van der Waals surface area (Å²) in [6, 6.07) is 2.98. The van der Waals surface area contributed by atoms with Gasteiger partial charge in [0.2, 0.25) is 0 Å². The van der Waals surface area contributed by atoms with Crippen molar-refractivity contribution in [2.24, 2.45) is 0 Å². The summed E-state index contributed by atoms with van der Waals surface area (Å²) in [7, 11) is 0. The lowest BCUT2D eigenvalue weighted by atomic mass is 10.2. The Morgan fingerprint density at radius 1 is 1.35 bits per heavy atom. The summed E-state index contributed by atoms with van der Waals surface area (Å²) >= 11 is 5.83. The van der Waals surface area contributed by atoms with Gasteiger partial charge in [-0.2, -0.15) is 0 Å². The van der Waals surface area contributed by atoms with Crippen LogP contribution in [0.4, 0.5) is 14.5 Å². The molecule has 0 saturated carbocycles. The molecule has 0 spiro atoms. The zero-order chi connectivity index (χ0) is 14.7. The van der Waals surface area contributed by atoms with E-state index in [4.69, 9.17) is 22.1 Å². The molecule has 0 unspecified atom stereocenters. The number of carbonyl (C=O) groups excluding carboxylic acids is 1. The van der Waals surface area contributed by atoms with E-state index in [2.05, 4.69) is 4.98 Å². The largest absolute Gasteiger partial charge is 0.457 e. The molecule has 7 heteroatoms. The first-order valence-electron chi connectivity index (χ1n) is 5.49. The van der Waals surface area contributed by atoms with E-state index < -0.39 is 23.2 Å². The number of hydrogen-bond acceptors (Lipinski definition) is 4. The predicted octanol–water partition coefficient (Wildman–Crippen LogP) is 2.95. The second-order valence-electron chi connectivity index (χ2n) is 3.90. The van der Waals surface area contributed by atoms with Gasteiger partial charge in [-0.05, 0) is 12.1 Å². The number of ether oxygens (including phenoxy) is 1. The highest BCUT2D eigenvalue weighted by atomic mass is 35.5. The highest BCUT2D eigenvalue weighted by Crippen LogP contribution is 2.19. The minimum absolute atomic E-state index is 0.156. The Balaban J connectivity index is 2.13. The smallest absolute Gasteiger partial charge is 0.341 e. The lowest BCUT2D eigenvalue weighted by molar-refractivity contribution is 0.0467. The molecule has 4 nitrogen and oxygen atoms in total. The Labute approximate surface area is 118 Å². The third kappa shape index (κ3) is 3.03. The zero-order valence-electron chi connectivity index (χ0n) is 10.1. The van der Waals surface area contributed by atoms with Crippen molar-refractivity contribution in [2.45, 2.75) is 6.61 Å². The number of rotatable bonds is 3. The molecule has 0 bridgehead atoms. The number of esters is 1. The van der Waals surface area contributed by atoms with Crippen molar-refractivity contribution in [3.63, 3.8) is 0 Å². The summed E-state index contributed by atoms with van der Waals surface area (Å²) < 4.78 is 31.3. The number of nitrogen functional groups attached to an aromatic ring is 1. The first kappa shape index (κ1) is 14.2. The number of halogens is 3. The molecular weight excluding hydrogens is 290 g/mol. The summed E-state index contributed by atoms with van der Waals surface area (Å²) in [5.41, 5.74) is 5.03. The minimum atomic E-state index is -1.04. The SMILES string of the molecule is Nc1cc(C(=O)OCc2ccncc2Cl)c(F)cc1F. The van der Waals surface area contributed by atoms with Crippen LogP contribution in [0.5, 0.6) is 0 Å². The molecule has 104 valence electrons. The van der Waals surface area contributed by atoms with Gasteiger partial charge in [-0.3, -0.25) is 4.98 Å². The first-order valence-corrected chi connectivity index (χ1v) is 5.87. The van der Waals surface area contributed by atoms with Gasteiger partial charge in [-0.1, -0.05) is 11.6 Å². The van der Waals surface area contributed by atoms with Crippen molar-refractivity contribution in [3.05, 3.63) is 58.4 Å². The van der Waals surface area contributed by atoms with Crippen LogP contribution in [0.3, 0.4) is 0 Å². The van der Waals surface area contributed by atoms with Gasteiger partial charge in [0.25, 0.3) is 0 Å². The summed E-state index contributed by atoms with van der Waals surface area (Å²) in [5, 5.41) is 0.319. The Bertz CT molecular complexity index is 665. The Kier molecular flexibility index (Phi) is 4.14. The van der Waals surface area contributed by atoms with Crippen molar-refractivity contribution < 1.29 is 18.3 Å². The van der Waals surface area contributed by atoms with Gasteiger partial charge in [-0.25, -0.2) is 13.6 Å². The second-order valence-corrected chi connectivity index (χ2v) is 4.30. The molecule has 1 aromatic heterocycles. The maximum Gasteiger partial charge on any atom is 0.341 e. The molecule has 1 heterocycles. The van der Waals surface area contributed by atoms with Crippen LogP contribution in [-0.4, -0.2) is 11.0 Å². The lowest BCUT2D eigenvalue weighted by Crippen LogP contribution is -2.09. The molecule has 0 aliphatic carbocycles. The number of carbonyl (C=O) groups is 1. The zero-order valence-corrected chi connectivity index (χ0v) is 10.8. The first-order chi connectivity index (χ1) is 9.49. The molecular formula is C13H9ClF2N2O2.